The molecule has 0 radical (unpaired) electrons. The summed E-state index contributed by atoms with van der Waals surface area (Å²) in [7, 11) is 0. The van der Waals surface area contributed by atoms with Crippen molar-refractivity contribution in [2.45, 2.75) is 63.5 Å². The van der Waals surface area contributed by atoms with Crippen molar-refractivity contribution in [3.63, 3.8) is 0 Å². The van der Waals surface area contributed by atoms with Crippen molar-refractivity contribution in [3.8, 4) is 0 Å². The van der Waals surface area contributed by atoms with Gasteiger partial charge in [-0.05, 0) is 56.3 Å². The maximum atomic E-state index is 7.19. The Hall–Kier alpha value is -3.11. The Balaban J connectivity index is 1.52. The lowest BCUT2D eigenvalue weighted by molar-refractivity contribution is -0.532. The van der Waals surface area contributed by atoms with Gasteiger partial charge in [-0.3, -0.25) is 4.90 Å². The van der Waals surface area contributed by atoms with Gasteiger partial charge in [0, 0.05) is 56.3 Å². The summed E-state index contributed by atoms with van der Waals surface area (Å²) in [5.74, 6) is 0.958. The molecule has 0 saturated carbocycles. The van der Waals surface area contributed by atoms with E-state index in [2.05, 4.69) is 99.6 Å². The highest BCUT2D eigenvalue weighted by Gasteiger charge is 2.43. The number of likely N-dealkylation sites (tertiary alicyclic amines) is 2. The third kappa shape index (κ3) is 6.06. The van der Waals surface area contributed by atoms with Gasteiger partial charge in [-0.1, -0.05) is 67.1 Å². The first-order valence-electron chi connectivity index (χ1n) is 15.3. The third-order valence-corrected chi connectivity index (χ3v) is 8.73. The Kier molecular flexibility index (Phi) is 8.30. The van der Waals surface area contributed by atoms with Gasteiger partial charge in [-0.25, -0.2) is 4.58 Å². The van der Waals surface area contributed by atoms with Crippen molar-refractivity contribution in [3.05, 3.63) is 101 Å². The van der Waals surface area contributed by atoms with E-state index in [1.165, 1.54) is 74.5 Å². The first kappa shape index (κ1) is 26.1. The summed E-state index contributed by atoms with van der Waals surface area (Å²) in [6, 6.07) is 21.6. The van der Waals surface area contributed by atoms with Gasteiger partial charge >= 0.3 is 0 Å². The topological polar surface area (TPSA) is 18.7 Å². The summed E-state index contributed by atoms with van der Waals surface area (Å²) >= 11 is 0. The van der Waals surface area contributed by atoms with Gasteiger partial charge in [0.1, 0.15) is 18.8 Å². The summed E-state index contributed by atoms with van der Waals surface area (Å²) in [6.07, 6.45) is 21.2. The van der Waals surface area contributed by atoms with E-state index < -0.39 is 5.72 Å². The fourth-order valence-corrected chi connectivity index (χ4v) is 6.59. The molecule has 0 bridgehead atoms. The number of hydrogen-bond acceptors (Lipinski definition) is 3. The van der Waals surface area contributed by atoms with E-state index in [1.807, 2.05) is 0 Å². The van der Waals surface area contributed by atoms with Crippen LogP contribution < -0.4 is 0 Å². The van der Waals surface area contributed by atoms with Crippen LogP contribution in [0, 0.1) is 0 Å². The first-order valence-corrected chi connectivity index (χ1v) is 15.3. The average molecular weight is 523 g/mol. The lowest BCUT2D eigenvalue weighted by atomic mass is 9.90. The van der Waals surface area contributed by atoms with E-state index in [0.29, 0.717) is 0 Å². The molecular weight excluding hydrogens is 478 g/mol. The fourth-order valence-electron chi connectivity index (χ4n) is 6.59. The predicted molar refractivity (Wildman–Crippen MR) is 161 cm³/mol. The zero-order chi connectivity index (χ0) is 26.3. The van der Waals surface area contributed by atoms with Crippen LogP contribution >= 0.6 is 0 Å². The number of nitrogens with zero attached hydrogens (tertiary/aromatic N) is 3. The van der Waals surface area contributed by atoms with Crippen molar-refractivity contribution < 1.29 is 9.31 Å². The van der Waals surface area contributed by atoms with Crippen LogP contribution in [0.2, 0.25) is 0 Å². The second-order valence-electron chi connectivity index (χ2n) is 11.6. The van der Waals surface area contributed by atoms with Gasteiger partial charge in [0.15, 0.2) is 6.21 Å². The van der Waals surface area contributed by atoms with Crippen LogP contribution in [0.3, 0.4) is 0 Å². The largest absolute Gasteiger partial charge is 0.464 e. The van der Waals surface area contributed by atoms with Crippen LogP contribution in [0.4, 0.5) is 0 Å². The SMILES string of the molecule is C1=C(/C(C=[N+]2CCCCC2)=C/N2CCCCC2)C=C(c2ccccc2)OC1(c1ccccc1)N1CCCCC1. The van der Waals surface area contributed by atoms with Crippen LogP contribution in [0.25, 0.3) is 5.76 Å². The maximum Gasteiger partial charge on any atom is 0.210 e. The summed E-state index contributed by atoms with van der Waals surface area (Å²) in [5, 5.41) is 0. The Morgan fingerprint density at radius 3 is 2.03 bits per heavy atom. The average Bonchev–Trinajstić information content (AvgIpc) is 3.03. The molecule has 1 unspecified atom stereocenters. The van der Waals surface area contributed by atoms with Crippen molar-refractivity contribution in [1.82, 2.24) is 9.80 Å². The molecule has 6 rings (SSSR count). The highest BCUT2D eigenvalue weighted by Crippen LogP contribution is 2.43. The normalized spacial score (nSPS) is 25.0. The first-order chi connectivity index (χ1) is 19.3. The van der Waals surface area contributed by atoms with E-state index >= 15 is 0 Å². The standard InChI is InChI=1S/C35H44N3O/c1-6-16-30(17-7-1)34-26-31(32(28-36-20-10-3-11-21-36)29-37-22-12-4-13-23-37)27-35(39-34,33-18-8-2-9-19-33)38-24-14-5-15-25-38/h1-2,6-9,16-19,26-29H,3-5,10-15,20-25H2/q+1. The molecule has 0 aromatic heterocycles. The Morgan fingerprint density at radius 1 is 0.718 bits per heavy atom. The summed E-state index contributed by atoms with van der Waals surface area (Å²) in [5.41, 5.74) is 4.30. The summed E-state index contributed by atoms with van der Waals surface area (Å²) < 4.78 is 9.74. The molecule has 39 heavy (non-hydrogen) atoms. The quantitative estimate of drug-likeness (QED) is 0.382. The van der Waals surface area contributed by atoms with Crippen molar-refractivity contribution in [2.24, 2.45) is 0 Å². The molecule has 4 aliphatic rings. The van der Waals surface area contributed by atoms with Crippen molar-refractivity contribution >= 4 is 12.0 Å². The molecule has 0 spiro atoms. The van der Waals surface area contributed by atoms with Crippen LogP contribution in [0.1, 0.15) is 68.9 Å². The predicted octanol–water partition coefficient (Wildman–Crippen LogP) is 6.96. The molecule has 1 atom stereocenters. The molecule has 0 amide bonds. The second-order valence-corrected chi connectivity index (χ2v) is 11.6. The molecule has 4 heteroatoms. The highest BCUT2D eigenvalue weighted by molar-refractivity contribution is 5.85. The molecular formula is C35H44N3O+. The van der Waals surface area contributed by atoms with Crippen molar-refractivity contribution in [1.29, 1.82) is 0 Å². The Bertz CT molecular complexity index is 1210. The van der Waals surface area contributed by atoms with Gasteiger partial charge < -0.3 is 9.64 Å². The Labute approximate surface area is 235 Å². The minimum Gasteiger partial charge on any atom is -0.464 e. The lowest BCUT2D eigenvalue weighted by Crippen LogP contribution is -2.50. The highest BCUT2D eigenvalue weighted by atomic mass is 16.5. The molecule has 2 aromatic carbocycles. The molecule has 3 saturated heterocycles. The van der Waals surface area contributed by atoms with Gasteiger partial charge in [0.25, 0.3) is 0 Å². The molecule has 0 aliphatic carbocycles. The summed E-state index contributed by atoms with van der Waals surface area (Å²) in [6.45, 7) is 6.67. The van der Waals surface area contributed by atoms with E-state index in [0.717, 1.165) is 50.6 Å². The molecule has 4 heterocycles. The van der Waals surface area contributed by atoms with Gasteiger partial charge in [0.2, 0.25) is 5.72 Å². The van der Waals surface area contributed by atoms with Crippen LogP contribution in [-0.2, 0) is 10.5 Å². The minimum absolute atomic E-state index is 0.631. The van der Waals surface area contributed by atoms with Crippen molar-refractivity contribution in [2.75, 3.05) is 39.3 Å². The fraction of sp³-hybridized carbons (Fsp3) is 0.457. The molecule has 3 fully saturated rings. The smallest absolute Gasteiger partial charge is 0.210 e. The monoisotopic (exact) mass is 522 g/mol. The lowest BCUT2D eigenvalue weighted by Gasteiger charge is -2.46. The summed E-state index contributed by atoms with van der Waals surface area (Å²) in [4.78, 5) is 5.14. The van der Waals surface area contributed by atoms with E-state index in [1.54, 1.807) is 0 Å². The van der Waals surface area contributed by atoms with Crippen LogP contribution in [0.5, 0.6) is 0 Å². The van der Waals surface area contributed by atoms with E-state index in [4.69, 9.17) is 4.74 Å². The zero-order valence-electron chi connectivity index (χ0n) is 23.4. The maximum absolute atomic E-state index is 7.19. The number of rotatable bonds is 6. The zero-order valence-corrected chi connectivity index (χ0v) is 23.4. The molecule has 0 N–H and O–H groups in total. The number of piperidine rings is 3. The van der Waals surface area contributed by atoms with Gasteiger partial charge in [-0.15, -0.1) is 0 Å². The van der Waals surface area contributed by atoms with E-state index in [9.17, 15) is 0 Å². The molecule has 4 aliphatic heterocycles. The molecule has 204 valence electrons. The number of ether oxygens (including phenoxy) is 1. The molecule has 2 aromatic rings. The van der Waals surface area contributed by atoms with Crippen LogP contribution in [-0.4, -0.2) is 59.9 Å². The van der Waals surface area contributed by atoms with Gasteiger partial charge in [0.05, 0.1) is 5.57 Å². The van der Waals surface area contributed by atoms with E-state index in [-0.39, 0.29) is 0 Å². The Morgan fingerprint density at radius 2 is 1.33 bits per heavy atom. The third-order valence-electron chi connectivity index (χ3n) is 8.73. The van der Waals surface area contributed by atoms with Crippen LogP contribution in [0.15, 0.2) is 90.2 Å². The minimum atomic E-state index is -0.631. The number of benzene rings is 2. The number of allylic oxidation sites excluding steroid dienone is 3. The second kappa shape index (κ2) is 12.4. The number of hydrogen-bond donors (Lipinski definition) is 0. The van der Waals surface area contributed by atoms with Gasteiger partial charge in [-0.2, -0.15) is 0 Å². The molecule has 4 nitrogen and oxygen atoms in total.